The standard InChI is InChI=1S/C24H29N3O6S/c1-4-27-22(24(28)16-33-17-24)13-23(25-27)34(29,30)26(14-18-5-9-20(31-2)10-6-18)15-19-7-11-21(32-3)12-8-19/h5-13,28H,4,14-17H2,1-3H3. The van der Waals surface area contributed by atoms with Crippen LogP contribution in [-0.2, 0) is 40.0 Å². The summed E-state index contributed by atoms with van der Waals surface area (Å²) < 4.78 is 46.1. The van der Waals surface area contributed by atoms with E-state index in [0.29, 0.717) is 23.7 Å². The smallest absolute Gasteiger partial charge is 0.263 e. The fourth-order valence-electron chi connectivity index (χ4n) is 3.81. The molecule has 1 aliphatic rings. The Kier molecular flexibility index (Phi) is 6.94. The van der Waals surface area contributed by atoms with Gasteiger partial charge in [-0.25, -0.2) is 8.42 Å². The summed E-state index contributed by atoms with van der Waals surface area (Å²) in [5.74, 6) is 1.38. The number of sulfonamides is 1. The summed E-state index contributed by atoms with van der Waals surface area (Å²) in [6, 6.07) is 16.0. The molecular formula is C24H29N3O6S. The molecule has 182 valence electrons. The van der Waals surface area contributed by atoms with Crippen LogP contribution in [0, 0.1) is 0 Å². The highest BCUT2D eigenvalue weighted by atomic mass is 32.2. The van der Waals surface area contributed by atoms with Crippen LogP contribution in [-0.4, -0.2) is 55.0 Å². The average Bonchev–Trinajstić information content (AvgIpc) is 3.29. The fraction of sp³-hybridized carbons (Fsp3) is 0.375. The molecule has 0 bridgehead atoms. The van der Waals surface area contributed by atoms with Gasteiger partial charge >= 0.3 is 0 Å². The molecule has 9 nitrogen and oxygen atoms in total. The molecule has 1 aliphatic heterocycles. The highest BCUT2D eigenvalue weighted by Crippen LogP contribution is 2.32. The molecule has 10 heteroatoms. The second-order valence-corrected chi connectivity index (χ2v) is 10.1. The molecule has 0 aliphatic carbocycles. The Morgan fingerprint density at radius 2 is 1.50 bits per heavy atom. The molecule has 2 aromatic carbocycles. The van der Waals surface area contributed by atoms with Gasteiger partial charge in [0.05, 0.1) is 33.1 Å². The van der Waals surface area contributed by atoms with Crippen molar-refractivity contribution in [3.05, 3.63) is 71.4 Å². The number of hydrogen-bond acceptors (Lipinski definition) is 7. The van der Waals surface area contributed by atoms with Gasteiger partial charge in [0, 0.05) is 25.7 Å². The Hall–Kier alpha value is -2.92. The molecule has 34 heavy (non-hydrogen) atoms. The molecule has 1 fully saturated rings. The summed E-state index contributed by atoms with van der Waals surface area (Å²) in [4.78, 5) is 0. The van der Waals surface area contributed by atoms with Crippen LogP contribution >= 0.6 is 0 Å². The van der Waals surface area contributed by atoms with E-state index in [4.69, 9.17) is 14.2 Å². The van der Waals surface area contributed by atoms with E-state index in [0.717, 1.165) is 11.1 Å². The lowest BCUT2D eigenvalue weighted by molar-refractivity contribution is -0.188. The van der Waals surface area contributed by atoms with E-state index in [1.807, 2.05) is 31.2 Å². The summed E-state index contributed by atoms with van der Waals surface area (Å²) in [5, 5.41) is 15.0. The molecule has 1 saturated heterocycles. The molecule has 0 atom stereocenters. The summed E-state index contributed by atoms with van der Waals surface area (Å²) >= 11 is 0. The predicted molar refractivity (Wildman–Crippen MR) is 125 cm³/mol. The lowest BCUT2D eigenvalue weighted by atomic mass is 9.98. The zero-order chi connectivity index (χ0) is 24.3. The maximum atomic E-state index is 13.8. The third-order valence-electron chi connectivity index (χ3n) is 5.86. The number of aryl methyl sites for hydroxylation is 1. The Morgan fingerprint density at radius 1 is 1.00 bits per heavy atom. The average molecular weight is 488 g/mol. The summed E-state index contributed by atoms with van der Waals surface area (Å²) in [7, 11) is -0.835. The van der Waals surface area contributed by atoms with E-state index in [9.17, 15) is 13.5 Å². The molecule has 1 aromatic heterocycles. The van der Waals surface area contributed by atoms with Gasteiger partial charge in [-0.3, -0.25) is 4.68 Å². The fourth-order valence-corrected chi connectivity index (χ4v) is 5.17. The monoisotopic (exact) mass is 487 g/mol. The van der Waals surface area contributed by atoms with E-state index in [1.54, 1.807) is 38.5 Å². The van der Waals surface area contributed by atoms with Gasteiger partial charge in [0.1, 0.15) is 11.5 Å². The maximum Gasteiger partial charge on any atom is 0.263 e. The van der Waals surface area contributed by atoms with E-state index in [-0.39, 0.29) is 31.3 Å². The molecule has 0 unspecified atom stereocenters. The second kappa shape index (κ2) is 9.75. The van der Waals surface area contributed by atoms with E-state index in [1.165, 1.54) is 15.1 Å². The van der Waals surface area contributed by atoms with Crippen LogP contribution in [0.15, 0.2) is 59.6 Å². The summed E-state index contributed by atoms with van der Waals surface area (Å²) in [6.07, 6.45) is 0. The maximum absolute atomic E-state index is 13.8. The molecule has 0 amide bonds. The van der Waals surface area contributed by atoms with Crippen molar-refractivity contribution in [2.45, 2.75) is 37.2 Å². The van der Waals surface area contributed by atoms with Crippen molar-refractivity contribution in [1.82, 2.24) is 14.1 Å². The number of aliphatic hydroxyl groups is 1. The van der Waals surface area contributed by atoms with Gasteiger partial charge in [-0.2, -0.15) is 9.40 Å². The highest BCUT2D eigenvalue weighted by Gasteiger charge is 2.42. The number of benzene rings is 2. The van der Waals surface area contributed by atoms with E-state index in [2.05, 4.69) is 5.10 Å². The van der Waals surface area contributed by atoms with E-state index < -0.39 is 15.6 Å². The van der Waals surface area contributed by atoms with Crippen molar-refractivity contribution in [2.24, 2.45) is 0 Å². The predicted octanol–water partition coefficient (Wildman–Crippen LogP) is 2.53. The molecule has 3 aromatic rings. The Bertz CT molecular complexity index is 1170. The van der Waals surface area contributed by atoms with Crippen molar-refractivity contribution in [3.63, 3.8) is 0 Å². The van der Waals surface area contributed by atoms with Gasteiger partial charge in [0.15, 0.2) is 10.6 Å². The number of rotatable bonds is 10. The first kappa shape index (κ1) is 24.2. The number of methoxy groups -OCH3 is 2. The minimum Gasteiger partial charge on any atom is -0.497 e. The van der Waals surface area contributed by atoms with Crippen LogP contribution in [0.5, 0.6) is 11.5 Å². The second-order valence-electron chi connectivity index (χ2n) is 8.18. The molecule has 4 rings (SSSR count). The van der Waals surface area contributed by atoms with Gasteiger partial charge < -0.3 is 19.3 Å². The highest BCUT2D eigenvalue weighted by molar-refractivity contribution is 7.89. The van der Waals surface area contributed by atoms with Gasteiger partial charge in [-0.15, -0.1) is 0 Å². The number of hydrogen-bond donors (Lipinski definition) is 1. The minimum absolute atomic E-state index is 0.105. The van der Waals surface area contributed by atoms with E-state index >= 15 is 0 Å². The summed E-state index contributed by atoms with van der Waals surface area (Å²) in [6.45, 7) is 2.77. The van der Waals surface area contributed by atoms with Gasteiger partial charge in [0.2, 0.25) is 0 Å². The molecule has 0 saturated carbocycles. The first-order valence-corrected chi connectivity index (χ1v) is 12.4. The van der Waals surface area contributed by atoms with Crippen LogP contribution in [0.1, 0.15) is 23.7 Å². The lowest BCUT2D eigenvalue weighted by Gasteiger charge is -2.36. The van der Waals surface area contributed by atoms with Crippen molar-refractivity contribution in [3.8, 4) is 11.5 Å². The largest absolute Gasteiger partial charge is 0.497 e. The minimum atomic E-state index is -4.00. The van der Waals surface area contributed by atoms with Gasteiger partial charge in [-0.05, 0) is 42.3 Å². The summed E-state index contributed by atoms with van der Waals surface area (Å²) in [5.41, 5.74) is 0.819. The van der Waals surface area contributed by atoms with Crippen molar-refractivity contribution >= 4 is 10.0 Å². The molecular weight excluding hydrogens is 458 g/mol. The Labute approximate surface area is 199 Å². The van der Waals surface area contributed by atoms with Crippen LogP contribution < -0.4 is 9.47 Å². The first-order chi connectivity index (χ1) is 16.3. The first-order valence-electron chi connectivity index (χ1n) is 10.9. The Morgan fingerprint density at radius 3 is 1.88 bits per heavy atom. The van der Waals surface area contributed by atoms with Crippen molar-refractivity contribution in [1.29, 1.82) is 0 Å². The number of aromatic nitrogens is 2. The number of ether oxygens (including phenoxy) is 3. The zero-order valence-corrected chi connectivity index (χ0v) is 20.3. The van der Waals surface area contributed by atoms with Gasteiger partial charge in [-0.1, -0.05) is 24.3 Å². The zero-order valence-electron chi connectivity index (χ0n) is 19.5. The quantitative estimate of drug-likeness (QED) is 0.469. The van der Waals surface area contributed by atoms with Crippen LogP contribution in [0.3, 0.4) is 0 Å². The number of nitrogens with zero attached hydrogens (tertiary/aromatic N) is 3. The lowest BCUT2D eigenvalue weighted by Crippen LogP contribution is -2.48. The molecule has 0 spiro atoms. The SMILES string of the molecule is CCn1nc(S(=O)(=O)N(Cc2ccc(OC)cc2)Cc2ccc(OC)cc2)cc1C1(O)COC1. The van der Waals surface area contributed by atoms with Crippen LogP contribution in [0.25, 0.3) is 0 Å². The van der Waals surface area contributed by atoms with Crippen LogP contribution in [0.2, 0.25) is 0 Å². The van der Waals surface area contributed by atoms with Crippen molar-refractivity contribution in [2.75, 3.05) is 27.4 Å². The third kappa shape index (κ3) is 4.80. The topological polar surface area (TPSA) is 103 Å². The Balaban J connectivity index is 1.69. The third-order valence-corrected chi connectivity index (χ3v) is 7.52. The van der Waals surface area contributed by atoms with Gasteiger partial charge in [0.25, 0.3) is 10.0 Å². The molecule has 1 N–H and O–H groups in total. The molecule has 2 heterocycles. The normalized spacial score (nSPS) is 15.2. The van der Waals surface area contributed by atoms with Crippen molar-refractivity contribution < 1.29 is 27.7 Å². The molecule has 0 radical (unpaired) electrons. The van der Waals surface area contributed by atoms with Crippen LogP contribution in [0.4, 0.5) is 0 Å².